The van der Waals surface area contributed by atoms with E-state index in [1.54, 1.807) is 30.9 Å². The van der Waals surface area contributed by atoms with Crippen LogP contribution in [0.25, 0.3) is 0 Å². The summed E-state index contributed by atoms with van der Waals surface area (Å²) in [4.78, 5) is 17.3. The third-order valence-corrected chi connectivity index (χ3v) is 5.67. The van der Waals surface area contributed by atoms with Crippen LogP contribution in [0.4, 0.5) is 23.3 Å². The van der Waals surface area contributed by atoms with E-state index in [2.05, 4.69) is 46.3 Å². The molecular weight excluding hydrogens is 502 g/mol. The summed E-state index contributed by atoms with van der Waals surface area (Å²) in [6.07, 6.45) is 6.90. The Kier molecular flexibility index (Phi) is 8.28. The average molecular weight is 530 g/mol. The van der Waals surface area contributed by atoms with Gasteiger partial charge in [0.2, 0.25) is 5.95 Å². The summed E-state index contributed by atoms with van der Waals surface area (Å²) in [6, 6.07) is 26.5. The maximum Gasteiger partial charge on any atom is 0.231 e. The number of rotatable bonds is 10. The lowest BCUT2D eigenvalue weighted by Crippen LogP contribution is -2.06. The van der Waals surface area contributed by atoms with Crippen LogP contribution in [0.3, 0.4) is 0 Å². The van der Waals surface area contributed by atoms with Crippen LogP contribution in [0, 0.1) is 0 Å². The molecule has 3 aromatic heterocycles. The van der Waals surface area contributed by atoms with E-state index >= 15 is 0 Å². The van der Waals surface area contributed by atoms with Gasteiger partial charge in [0.25, 0.3) is 0 Å². The van der Waals surface area contributed by atoms with E-state index in [1.165, 1.54) is 0 Å². The summed E-state index contributed by atoms with van der Waals surface area (Å²) in [6.45, 7) is 3.81. The highest BCUT2D eigenvalue weighted by molar-refractivity contribution is 5.99. The summed E-state index contributed by atoms with van der Waals surface area (Å²) >= 11 is 0. The quantitative estimate of drug-likeness (QED) is 0.139. The van der Waals surface area contributed by atoms with Crippen LogP contribution in [0.15, 0.2) is 120 Å². The molecule has 0 aliphatic rings. The van der Waals surface area contributed by atoms with Gasteiger partial charge in [0.05, 0.1) is 11.4 Å². The zero-order chi connectivity index (χ0) is 27.6. The van der Waals surface area contributed by atoms with E-state index in [0.29, 0.717) is 23.3 Å². The molecule has 0 aliphatic carbocycles. The molecule has 0 saturated heterocycles. The Morgan fingerprint density at radius 3 is 1.75 bits per heavy atom. The van der Waals surface area contributed by atoms with Gasteiger partial charge in [-0.2, -0.15) is 20.2 Å². The van der Waals surface area contributed by atoms with Crippen molar-refractivity contribution in [2.75, 3.05) is 16.2 Å². The molecule has 0 bridgehead atoms. The number of hydrazone groups is 2. The Morgan fingerprint density at radius 2 is 1.18 bits per heavy atom. The van der Waals surface area contributed by atoms with Gasteiger partial charge in [0.1, 0.15) is 11.5 Å². The largest absolute Gasteiger partial charge is 0.457 e. The molecule has 0 atom stereocenters. The number of pyridine rings is 2. The predicted octanol–water partition coefficient (Wildman–Crippen LogP) is 6.47. The lowest BCUT2D eigenvalue weighted by Gasteiger charge is -2.11. The Labute approximate surface area is 231 Å². The first-order valence-electron chi connectivity index (χ1n) is 12.5. The average Bonchev–Trinajstić information content (AvgIpc) is 3.00. The van der Waals surface area contributed by atoms with Crippen LogP contribution < -0.4 is 20.9 Å². The second-order valence-corrected chi connectivity index (χ2v) is 8.62. The number of hydrogen-bond donors (Lipinski definition) is 3. The number of aromatic nitrogens is 4. The lowest BCUT2D eigenvalue weighted by atomic mass is 10.2. The standard InChI is InChI=1S/C30H27N9O/c1-21(23-11-15-31-16-12-23)36-38-28-20-29(39-37-22(2)24-13-17-32-18-14-24)35-30(34-28)33-25-7-6-10-27(19-25)40-26-8-4-3-5-9-26/h3-20H,1-2H3,(H3,33,34,35,38,39). The Balaban J connectivity index is 1.39. The molecule has 5 aromatic rings. The third kappa shape index (κ3) is 7.23. The summed E-state index contributed by atoms with van der Waals surface area (Å²) < 4.78 is 5.97. The van der Waals surface area contributed by atoms with Crippen molar-refractivity contribution in [3.8, 4) is 11.5 Å². The Morgan fingerprint density at radius 1 is 0.625 bits per heavy atom. The normalized spacial score (nSPS) is 11.6. The zero-order valence-corrected chi connectivity index (χ0v) is 22.0. The van der Waals surface area contributed by atoms with Gasteiger partial charge in [0, 0.05) is 53.7 Å². The van der Waals surface area contributed by atoms with E-state index < -0.39 is 0 Å². The first-order chi connectivity index (χ1) is 19.6. The maximum atomic E-state index is 5.97. The number of ether oxygens (including phenoxy) is 1. The number of benzene rings is 2. The van der Waals surface area contributed by atoms with Crippen LogP contribution in [0.1, 0.15) is 25.0 Å². The summed E-state index contributed by atoms with van der Waals surface area (Å²) in [5.74, 6) is 2.72. The topological polar surface area (TPSA) is 122 Å². The van der Waals surface area contributed by atoms with Crippen LogP contribution in [0.5, 0.6) is 11.5 Å². The summed E-state index contributed by atoms with van der Waals surface area (Å²) in [7, 11) is 0. The van der Waals surface area contributed by atoms with Crippen LogP contribution in [-0.2, 0) is 0 Å². The van der Waals surface area contributed by atoms with Crippen molar-refractivity contribution < 1.29 is 4.74 Å². The van der Waals surface area contributed by atoms with Gasteiger partial charge >= 0.3 is 0 Å². The van der Waals surface area contributed by atoms with Crippen molar-refractivity contribution in [2.24, 2.45) is 10.2 Å². The highest BCUT2D eigenvalue weighted by atomic mass is 16.5. The molecule has 0 saturated carbocycles. The molecular formula is C30H27N9O. The smallest absolute Gasteiger partial charge is 0.231 e. The number of para-hydroxylation sites is 1. The second-order valence-electron chi connectivity index (χ2n) is 8.62. The number of nitrogens with zero attached hydrogens (tertiary/aromatic N) is 6. The predicted molar refractivity (Wildman–Crippen MR) is 158 cm³/mol. The molecule has 0 fully saturated rings. The summed E-state index contributed by atoms with van der Waals surface area (Å²) in [5.41, 5.74) is 10.3. The van der Waals surface area contributed by atoms with E-state index in [4.69, 9.17) is 4.74 Å². The van der Waals surface area contributed by atoms with Crippen molar-refractivity contribution in [2.45, 2.75) is 13.8 Å². The monoisotopic (exact) mass is 529 g/mol. The molecule has 10 nitrogen and oxygen atoms in total. The lowest BCUT2D eigenvalue weighted by molar-refractivity contribution is 0.483. The van der Waals surface area contributed by atoms with Crippen molar-refractivity contribution in [3.05, 3.63) is 121 Å². The van der Waals surface area contributed by atoms with E-state index in [0.717, 1.165) is 34.0 Å². The van der Waals surface area contributed by atoms with Crippen molar-refractivity contribution in [1.29, 1.82) is 0 Å². The van der Waals surface area contributed by atoms with Gasteiger partial charge in [0.15, 0.2) is 11.6 Å². The summed E-state index contributed by atoms with van der Waals surface area (Å²) in [5, 5.41) is 12.2. The molecule has 0 amide bonds. The Bertz CT molecular complexity index is 1530. The highest BCUT2D eigenvalue weighted by Crippen LogP contribution is 2.26. The van der Waals surface area contributed by atoms with Crippen LogP contribution in [0.2, 0.25) is 0 Å². The molecule has 0 unspecified atom stereocenters. The van der Waals surface area contributed by atoms with E-state index in [-0.39, 0.29) is 0 Å². The van der Waals surface area contributed by atoms with Gasteiger partial charge in [-0.1, -0.05) is 24.3 Å². The maximum absolute atomic E-state index is 5.97. The SMILES string of the molecule is CC(=NNc1cc(NN=C(C)c2ccncc2)nc(Nc2cccc(Oc3ccccc3)c2)n1)c1ccncc1. The molecule has 40 heavy (non-hydrogen) atoms. The third-order valence-electron chi connectivity index (χ3n) is 5.67. The molecule has 0 spiro atoms. The van der Waals surface area contributed by atoms with Crippen molar-refractivity contribution in [1.82, 2.24) is 19.9 Å². The minimum absolute atomic E-state index is 0.345. The molecule has 0 radical (unpaired) electrons. The van der Waals surface area contributed by atoms with Crippen LogP contribution >= 0.6 is 0 Å². The Hall–Kier alpha value is -5.64. The van der Waals surface area contributed by atoms with E-state index in [9.17, 15) is 0 Å². The fraction of sp³-hybridized carbons (Fsp3) is 0.0667. The fourth-order valence-electron chi connectivity index (χ4n) is 3.61. The van der Waals surface area contributed by atoms with Crippen molar-refractivity contribution >= 4 is 34.7 Å². The number of nitrogens with one attached hydrogen (secondary N) is 3. The van der Waals surface area contributed by atoms with E-state index in [1.807, 2.05) is 92.7 Å². The van der Waals surface area contributed by atoms with Gasteiger partial charge in [-0.15, -0.1) is 0 Å². The van der Waals surface area contributed by atoms with Gasteiger partial charge in [-0.3, -0.25) is 20.8 Å². The first-order valence-corrected chi connectivity index (χ1v) is 12.5. The minimum Gasteiger partial charge on any atom is -0.457 e. The molecule has 3 N–H and O–H groups in total. The fourth-order valence-corrected chi connectivity index (χ4v) is 3.61. The molecule has 2 aromatic carbocycles. The molecule has 10 heteroatoms. The van der Waals surface area contributed by atoms with Gasteiger partial charge < -0.3 is 10.1 Å². The first kappa shape index (κ1) is 26.0. The molecule has 0 aliphatic heterocycles. The zero-order valence-electron chi connectivity index (χ0n) is 22.0. The minimum atomic E-state index is 0.345. The second kappa shape index (κ2) is 12.7. The van der Waals surface area contributed by atoms with Crippen LogP contribution in [-0.4, -0.2) is 31.4 Å². The number of anilines is 4. The van der Waals surface area contributed by atoms with Gasteiger partial charge in [-0.25, -0.2) is 0 Å². The highest BCUT2D eigenvalue weighted by Gasteiger charge is 2.08. The molecule has 5 rings (SSSR count). The molecule has 198 valence electrons. The number of hydrogen-bond acceptors (Lipinski definition) is 10. The molecule has 3 heterocycles. The van der Waals surface area contributed by atoms with Crippen molar-refractivity contribution in [3.63, 3.8) is 0 Å². The van der Waals surface area contributed by atoms with Gasteiger partial charge in [-0.05, 0) is 62.4 Å².